The SMILES string of the molecule is CC(C)(C)CCC(C)(C)c1ccc(C(C)(C)CC(C)(C)C)cc1. The molecule has 0 amide bonds. The summed E-state index contributed by atoms with van der Waals surface area (Å²) in [5.74, 6) is 0. The highest BCUT2D eigenvalue weighted by Gasteiger charge is 2.28. The van der Waals surface area contributed by atoms with E-state index in [2.05, 4.69) is 93.5 Å². The van der Waals surface area contributed by atoms with Crippen LogP contribution in [0.3, 0.4) is 0 Å². The average Bonchev–Trinajstić information content (AvgIpc) is 2.33. The van der Waals surface area contributed by atoms with Crippen molar-refractivity contribution in [2.24, 2.45) is 10.8 Å². The van der Waals surface area contributed by atoms with E-state index in [-0.39, 0.29) is 10.8 Å². The van der Waals surface area contributed by atoms with Gasteiger partial charge in [-0.25, -0.2) is 0 Å². The summed E-state index contributed by atoms with van der Waals surface area (Å²) in [6.07, 6.45) is 3.70. The molecule has 0 saturated heterocycles. The van der Waals surface area contributed by atoms with Crippen molar-refractivity contribution in [3.05, 3.63) is 35.4 Å². The molecule has 23 heavy (non-hydrogen) atoms. The molecular weight excluding hydrogens is 276 g/mol. The Hall–Kier alpha value is -0.780. The molecule has 0 aromatic heterocycles. The average molecular weight is 317 g/mol. The predicted molar refractivity (Wildman–Crippen MR) is 105 cm³/mol. The Morgan fingerprint density at radius 3 is 1.26 bits per heavy atom. The van der Waals surface area contributed by atoms with E-state index >= 15 is 0 Å². The van der Waals surface area contributed by atoms with Gasteiger partial charge in [0, 0.05) is 0 Å². The highest BCUT2D eigenvalue weighted by Crippen LogP contribution is 2.38. The molecule has 132 valence electrons. The monoisotopic (exact) mass is 316 g/mol. The van der Waals surface area contributed by atoms with Crippen molar-refractivity contribution >= 4 is 0 Å². The van der Waals surface area contributed by atoms with Crippen molar-refractivity contribution in [2.45, 2.75) is 99.3 Å². The van der Waals surface area contributed by atoms with Crippen molar-refractivity contribution in [3.8, 4) is 0 Å². The van der Waals surface area contributed by atoms with Gasteiger partial charge in [-0.05, 0) is 52.0 Å². The molecule has 0 radical (unpaired) electrons. The van der Waals surface area contributed by atoms with Crippen LogP contribution in [0, 0.1) is 10.8 Å². The van der Waals surface area contributed by atoms with Crippen molar-refractivity contribution in [2.75, 3.05) is 0 Å². The third kappa shape index (κ3) is 6.69. The first-order valence-electron chi connectivity index (χ1n) is 9.24. The summed E-state index contributed by atoms with van der Waals surface area (Å²) in [6, 6.07) is 9.45. The zero-order valence-corrected chi connectivity index (χ0v) is 17.4. The van der Waals surface area contributed by atoms with Crippen LogP contribution in [-0.2, 0) is 10.8 Å². The Labute approximate surface area is 146 Å². The van der Waals surface area contributed by atoms with Crippen LogP contribution in [0.25, 0.3) is 0 Å². The summed E-state index contributed by atoms with van der Waals surface area (Å²) in [5.41, 5.74) is 4.17. The zero-order chi connectivity index (χ0) is 18.1. The van der Waals surface area contributed by atoms with Gasteiger partial charge >= 0.3 is 0 Å². The Morgan fingerprint density at radius 2 is 0.913 bits per heavy atom. The number of rotatable bonds is 5. The molecule has 0 N–H and O–H groups in total. The van der Waals surface area contributed by atoms with E-state index in [1.807, 2.05) is 0 Å². The highest BCUT2D eigenvalue weighted by molar-refractivity contribution is 5.32. The molecule has 0 aliphatic carbocycles. The van der Waals surface area contributed by atoms with Crippen molar-refractivity contribution in [1.82, 2.24) is 0 Å². The third-order valence-electron chi connectivity index (χ3n) is 4.92. The maximum Gasteiger partial charge on any atom is -0.00986 e. The van der Waals surface area contributed by atoms with Crippen LogP contribution in [0.2, 0.25) is 0 Å². The lowest BCUT2D eigenvalue weighted by atomic mass is 9.71. The normalized spacial score (nSPS) is 14.2. The fourth-order valence-corrected chi connectivity index (χ4v) is 3.63. The number of hydrogen-bond donors (Lipinski definition) is 0. The van der Waals surface area contributed by atoms with E-state index in [0.717, 1.165) is 0 Å². The molecule has 0 aliphatic heterocycles. The van der Waals surface area contributed by atoms with Crippen molar-refractivity contribution < 1.29 is 0 Å². The molecule has 0 bridgehead atoms. The minimum absolute atomic E-state index is 0.229. The van der Waals surface area contributed by atoms with Gasteiger partial charge in [0.15, 0.2) is 0 Å². The number of hydrogen-bond acceptors (Lipinski definition) is 0. The topological polar surface area (TPSA) is 0 Å². The molecule has 1 rings (SSSR count). The summed E-state index contributed by atoms with van der Waals surface area (Å²) < 4.78 is 0. The molecule has 0 nitrogen and oxygen atoms in total. The minimum Gasteiger partial charge on any atom is -0.0602 e. The molecule has 0 unspecified atom stereocenters. The first kappa shape index (κ1) is 20.3. The molecule has 0 heterocycles. The van der Waals surface area contributed by atoms with E-state index in [9.17, 15) is 0 Å². The van der Waals surface area contributed by atoms with Crippen molar-refractivity contribution in [3.63, 3.8) is 0 Å². The molecule has 0 atom stereocenters. The minimum atomic E-state index is 0.229. The lowest BCUT2D eigenvalue weighted by Crippen LogP contribution is -2.25. The molecule has 0 fully saturated rings. The Bertz CT molecular complexity index is 486. The summed E-state index contributed by atoms with van der Waals surface area (Å²) in [4.78, 5) is 0. The molecule has 0 aliphatic rings. The van der Waals surface area contributed by atoms with Crippen LogP contribution in [0.15, 0.2) is 24.3 Å². The first-order valence-corrected chi connectivity index (χ1v) is 9.24. The standard InChI is InChI=1S/C23H40/c1-20(2,3)15-16-22(7,8)18-11-13-19(14-12-18)23(9,10)17-21(4,5)6/h11-14H,15-17H2,1-10H3. The lowest BCUT2D eigenvalue weighted by Gasteiger charge is -2.34. The Morgan fingerprint density at radius 1 is 0.522 bits per heavy atom. The lowest BCUT2D eigenvalue weighted by molar-refractivity contribution is 0.284. The number of benzene rings is 1. The smallest absolute Gasteiger partial charge is 0.00986 e. The van der Waals surface area contributed by atoms with Gasteiger partial charge in [-0.3, -0.25) is 0 Å². The van der Waals surface area contributed by atoms with E-state index in [1.54, 1.807) is 0 Å². The summed E-state index contributed by atoms with van der Waals surface area (Å²) in [7, 11) is 0. The van der Waals surface area contributed by atoms with Crippen LogP contribution >= 0.6 is 0 Å². The fraction of sp³-hybridized carbons (Fsp3) is 0.739. The largest absolute Gasteiger partial charge is 0.0602 e. The fourth-order valence-electron chi connectivity index (χ4n) is 3.63. The molecule has 0 spiro atoms. The van der Waals surface area contributed by atoms with Crippen LogP contribution in [0.1, 0.15) is 99.6 Å². The van der Waals surface area contributed by atoms with Gasteiger partial charge in [-0.2, -0.15) is 0 Å². The van der Waals surface area contributed by atoms with E-state index in [4.69, 9.17) is 0 Å². The van der Waals surface area contributed by atoms with Crippen LogP contribution in [0.4, 0.5) is 0 Å². The van der Waals surface area contributed by atoms with Gasteiger partial charge in [0.1, 0.15) is 0 Å². The Balaban J connectivity index is 2.91. The summed E-state index contributed by atoms with van der Waals surface area (Å²) in [5, 5.41) is 0. The molecule has 0 saturated carbocycles. The molecule has 1 aromatic rings. The second-order valence-corrected chi connectivity index (χ2v) is 11.1. The summed E-state index contributed by atoms with van der Waals surface area (Å²) in [6.45, 7) is 23.5. The second kappa shape index (κ2) is 6.61. The maximum atomic E-state index is 2.38. The van der Waals surface area contributed by atoms with E-state index in [0.29, 0.717) is 10.8 Å². The van der Waals surface area contributed by atoms with Crippen LogP contribution in [-0.4, -0.2) is 0 Å². The quantitative estimate of drug-likeness (QED) is 0.527. The van der Waals surface area contributed by atoms with E-state index in [1.165, 1.54) is 30.4 Å². The van der Waals surface area contributed by atoms with Crippen LogP contribution in [0.5, 0.6) is 0 Å². The highest BCUT2D eigenvalue weighted by atomic mass is 14.3. The van der Waals surface area contributed by atoms with Gasteiger partial charge in [-0.15, -0.1) is 0 Å². The maximum absolute atomic E-state index is 2.38. The second-order valence-electron chi connectivity index (χ2n) is 11.1. The van der Waals surface area contributed by atoms with Crippen molar-refractivity contribution in [1.29, 1.82) is 0 Å². The summed E-state index contributed by atoms with van der Waals surface area (Å²) >= 11 is 0. The Kier molecular flexibility index (Phi) is 5.83. The third-order valence-corrected chi connectivity index (χ3v) is 4.92. The van der Waals surface area contributed by atoms with E-state index < -0.39 is 0 Å². The van der Waals surface area contributed by atoms with Gasteiger partial charge in [0.25, 0.3) is 0 Å². The first-order chi connectivity index (χ1) is 10.1. The van der Waals surface area contributed by atoms with Gasteiger partial charge in [0.2, 0.25) is 0 Å². The van der Waals surface area contributed by atoms with Crippen LogP contribution < -0.4 is 0 Å². The molecule has 0 heteroatoms. The molecule has 1 aromatic carbocycles. The van der Waals surface area contributed by atoms with Gasteiger partial charge in [0.05, 0.1) is 0 Å². The van der Waals surface area contributed by atoms with Gasteiger partial charge in [-0.1, -0.05) is 93.5 Å². The zero-order valence-electron chi connectivity index (χ0n) is 17.4. The predicted octanol–water partition coefficient (Wildman–Crippen LogP) is 7.50. The molecular formula is C23H40. The van der Waals surface area contributed by atoms with Gasteiger partial charge < -0.3 is 0 Å².